The van der Waals surface area contributed by atoms with Crippen molar-refractivity contribution in [3.8, 4) is 0 Å². The number of hydrogen-bond donors (Lipinski definition) is 0. The maximum atomic E-state index is 12.9. The van der Waals surface area contributed by atoms with E-state index in [0.29, 0.717) is 0 Å². The van der Waals surface area contributed by atoms with Crippen LogP contribution in [-0.2, 0) is 20.8 Å². The molecule has 7 heteroatoms. The largest absolute Gasteiger partial charge is 0.337 e. The Morgan fingerprint density at radius 3 is 2.50 bits per heavy atom. The molecule has 0 unspecified atom stereocenters. The fraction of sp³-hybridized carbons (Fsp3) is 0.524. The molecule has 2 aliphatic carbocycles. The zero-order valence-electron chi connectivity index (χ0n) is 16.1. The van der Waals surface area contributed by atoms with Crippen LogP contribution in [0.2, 0.25) is 0 Å². The minimum absolute atomic E-state index is 0.0770. The predicted molar refractivity (Wildman–Crippen MR) is 101 cm³/mol. The Hall–Kier alpha value is -2.70. The standard InChI is InChI=1S/C21H25N3O4/c1-22(17-12-6-8-14-7-2-5-11-16(14)17)18(25)13-23-19(26)20(27)24(21(23)28)15-9-3-4-10-15/h2,5,7,11,15,17H,3-4,6,8-10,12-13H2,1H3/t17-/m0/s1. The van der Waals surface area contributed by atoms with E-state index >= 15 is 0 Å². The summed E-state index contributed by atoms with van der Waals surface area (Å²) < 4.78 is 0. The van der Waals surface area contributed by atoms with Crippen LogP contribution in [0.1, 0.15) is 55.7 Å². The van der Waals surface area contributed by atoms with Gasteiger partial charge in [0.25, 0.3) is 0 Å². The van der Waals surface area contributed by atoms with E-state index in [9.17, 15) is 19.2 Å². The number of imide groups is 2. The normalized spacial score (nSPS) is 22.8. The summed E-state index contributed by atoms with van der Waals surface area (Å²) in [4.78, 5) is 53.7. The summed E-state index contributed by atoms with van der Waals surface area (Å²) in [6.07, 6.45) is 6.15. The van der Waals surface area contributed by atoms with Crippen molar-refractivity contribution in [3.63, 3.8) is 0 Å². The van der Waals surface area contributed by atoms with Crippen LogP contribution in [0.4, 0.5) is 4.79 Å². The van der Waals surface area contributed by atoms with Crippen molar-refractivity contribution in [2.24, 2.45) is 0 Å². The molecule has 0 radical (unpaired) electrons. The molecule has 1 heterocycles. The van der Waals surface area contributed by atoms with Crippen LogP contribution in [0.3, 0.4) is 0 Å². The molecule has 0 N–H and O–H groups in total. The number of amides is 5. The topological polar surface area (TPSA) is 78.0 Å². The molecular formula is C21H25N3O4. The molecule has 0 spiro atoms. The van der Waals surface area contributed by atoms with Gasteiger partial charge >= 0.3 is 17.8 Å². The quantitative estimate of drug-likeness (QED) is 0.590. The van der Waals surface area contributed by atoms with E-state index in [0.717, 1.165) is 60.3 Å². The van der Waals surface area contributed by atoms with E-state index in [-0.39, 0.29) is 24.5 Å². The van der Waals surface area contributed by atoms with Gasteiger partial charge in [0.1, 0.15) is 6.54 Å². The number of fused-ring (bicyclic) bond motifs is 1. The molecule has 1 aromatic rings. The fourth-order valence-electron chi connectivity index (χ4n) is 4.70. The molecule has 0 bridgehead atoms. The molecular weight excluding hydrogens is 358 g/mol. The maximum Gasteiger partial charge on any atom is 0.334 e. The summed E-state index contributed by atoms with van der Waals surface area (Å²) in [6, 6.07) is 7.12. The third-order valence-electron chi connectivity index (χ3n) is 6.27. The highest BCUT2D eigenvalue weighted by molar-refractivity contribution is 6.45. The van der Waals surface area contributed by atoms with Crippen molar-refractivity contribution in [1.82, 2.24) is 14.7 Å². The summed E-state index contributed by atoms with van der Waals surface area (Å²) in [5, 5.41) is 0. The summed E-state index contributed by atoms with van der Waals surface area (Å²) in [5.41, 5.74) is 2.35. The summed E-state index contributed by atoms with van der Waals surface area (Å²) in [6.45, 7) is -0.387. The number of urea groups is 1. The van der Waals surface area contributed by atoms with Gasteiger partial charge < -0.3 is 4.90 Å². The Balaban J connectivity index is 1.48. The molecule has 7 nitrogen and oxygen atoms in total. The lowest BCUT2D eigenvalue weighted by molar-refractivity contribution is -0.145. The first-order chi connectivity index (χ1) is 13.5. The minimum Gasteiger partial charge on any atom is -0.337 e. The van der Waals surface area contributed by atoms with Gasteiger partial charge in [0, 0.05) is 13.1 Å². The molecule has 2 fully saturated rings. The second-order valence-corrected chi connectivity index (χ2v) is 7.90. The smallest absolute Gasteiger partial charge is 0.334 e. The van der Waals surface area contributed by atoms with Crippen molar-refractivity contribution in [3.05, 3.63) is 35.4 Å². The van der Waals surface area contributed by atoms with Gasteiger partial charge in [0.05, 0.1) is 6.04 Å². The average molecular weight is 383 g/mol. The van der Waals surface area contributed by atoms with Crippen LogP contribution in [0.15, 0.2) is 24.3 Å². The van der Waals surface area contributed by atoms with Gasteiger partial charge in [-0.1, -0.05) is 37.1 Å². The molecule has 1 saturated heterocycles. The third kappa shape index (κ3) is 3.08. The minimum atomic E-state index is -0.886. The molecule has 148 valence electrons. The Bertz CT molecular complexity index is 831. The lowest BCUT2D eigenvalue weighted by atomic mass is 9.87. The summed E-state index contributed by atoms with van der Waals surface area (Å²) >= 11 is 0. The number of rotatable bonds is 4. The zero-order valence-corrected chi connectivity index (χ0v) is 16.1. The Morgan fingerprint density at radius 1 is 1.04 bits per heavy atom. The van der Waals surface area contributed by atoms with Gasteiger partial charge in [-0.3, -0.25) is 19.3 Å². The molecule has 28 heavy (non-hydrogen) atoms. The lowest BCUT2D eigenvalue weighted by Gasteiger charge is -2.34. The zero-order chi connectivity index (χ0) is 19.8. The Kier molecular flexibility index (Phi) is 4.91. The van der Waals surface area contributed by atoms with Crippen molar-refractivity contribution < 1.29 is 19.2 Å². The molecule has 1 atom stereocenters. The van der Waals surface area contributed by atoms with E-state index < -0.39 is 17.8 Å². The van der Waals surface area contributed by atoms with E-state index in [4.69, 9.17) is 0 Å². The number of carbonyl (C=O) groups excluding carboxylic acids is 4. The van der Waals surface area contributed by atoms with Crippen LogP contribution < -0.4 is 0 Å². The Morgan fingerprint density at radius 2 is 1.75 bits per heavy atom. The van der Waals surface area contributed by atoms with E-state index in [2.05, 4.69) is 6.07 Å². The van der Waals surface area contributed by atoms with E-state index in [1.165, 1.54) is 5.56 Å². The van der Waals surface area contributed by atoms with Gasteiger partial charge in [-0.25, -0.2) is 9.69 Å². The number of carbonyl (C=O) groups is 4. The first-order valence-electron chi connectivity index (χ1n) is 10.0. The number of likely N-dealkylation sites (N-methyl/N-ethyl adjacent to an activating group) is 1. The van der Waals surface area contributed by atoms with Crippen molar-refractivity contribution in [1.29, 1.82) is 0 Å². The highest BCUT2D eigenvalue weighted by Gasteiger charge is 2.49. The first kappa shape index (κ1) is 18.7. The van der Waals surface area contributed by atoms with E-state index in [1.807, 2.05) is 18.2 Å². The van der Waals surface area contributed by atoms with Crippen molar-refractivity contribution in [2.45, 2.75) is 57.0 Å². The monoisotopic (exact) mass is 383 g/mol. The number of aryl methyl sites for hydroxylation is 1. The van der Waals surface area contributed by atoms with Gasteiger partial charge in [-0.05, 0) is 43.2 Å². The summed E-state index contributed by atoms with van der Waals surface area (Å²) in [7, 11) is 1.71. The van der Waals surface area contributed by atoms with Crippen LogP contribution in [0.25, 0.3) is 0 Å². The van der Waals surface area contributed by atoms with Gasteiger partial charge in [0.15, 0.2) is 0 Å². The highest BCUT2D eigenvalue weighted by Crippen LogP contribution is 2.34. The van der Waals surface area contributed by atoms with Crippen LogP contribution in [0, 0.1) is 0 Å². The molecule has 1 aromatic carbocycles. The third-order valence-corrected chi connectivity index (χ3v) is 6.27. The maximum absolute atomic E-state index is 12.9. The molecule has 1 aliphatic heterocycles. The molecule has 3 aliphatic rings. The highest BCUT2D eigenvalue weighted by atomic mass is 16.2. The lowest BCUT2D eigenvalue weighted by Crippen LogP contribution is -2.44. The predicted octanol–water partition coefficient (Wildman–Crippen LogP) is 2.26. The second kappa shape index (κ2) is 7.37. The number of benzene rings is 1. The van der Waals surface area contributed by atoms with Crippen molar-refractivity contribution >= 4 is 23.8 Å². The summed E-state index contributed by atoms with van der Waals surface area (Å²) in [5.74, 6) is -2.01. The van der Waals surface area contributed by atoms with Crippen LogP contribution in [0.5, 0.6) is 0 Å². The second-order valence-electron chi connectivity index (χ2n) is 7.90. The first-order valence-corrected chi connectivity index (χ1v) is 10.0. The SMILES string of the molecule is CN(C(=O)CN1C(=O)C(=O)N(C2CCCC2)C1=O)[C@H]1CCCc2ccccc21. The molecule has 1 saturated carbocycles. The fourth-order valence-corrected chi connectivity index (χ4v) is 4.70. The number of hydrogen-bond acceptors (Lipinski definition) is 4. The van der Waals surface area contributed by atoms with Gasteiger partial charge in [-0.2, -0.15) is 0 Å². The molecule has 5 amide bonds. The van der Waals surface area contributed by atoms with E-state index in [1.54, 1.807) is 11.9 Å². The van der Waals surface area contributed by atoms with Crippen LogP contribution in [-0.4, -0.2) is 58.1 Å². The molecule has 0 aromatic heterocycles. The number of nitrogens with zero attached hydrogens (tertiary/aromatic N) is 3. The van der Waals surface area contributed by atoms with Crippen molar-refractivity contribution in [2.75, 3.05) is 13.6 Å². The van der Waals surface area contributed by atoms with Gasteiger partial charge in [-0.15, -0.1) is 0 Å². The van der Waals surface area contributed by atoms with Crippen LogP contribution >= 0.6 is 0 Å². The Labute approximate surface area is 164 Å². The molecule has 4 rings (SSSR count). The van der Waals surface area contributed by atoms with Gasteiger partial charge in [0.2, 0.25) is 5.91 Å². The average Bonchev–Trinajstić information content (AvgIpc) is 3.30.